The van der Waals surface area contributed by atoms with Crippen molar-refractivity contribution < 1.29 is 27.3 Å². The molecule has 1 atom stereocenters. The number of carbonyl (C=O) groups excluding carboxylic acids is 2. The van der Waals surface area contributed by atoms with Crippen molar-refractivity contribution in [2.75, 3.05) is 0 Å². The summed E-state index contributed by atoms with van der Waals surface area (Å²) in [7, 11) is 0. The molecule has 1 saturated heterocycles. The van der Waals surface area contributed by atoms with E-state index < -0.39 is 36.0 Å². The molecule has 6 rings (SSSR count). The van der Waals surface area contributed by atoms with Gasteiger partial charge in [-0.3, -0.25) is 0 Å². The number of hydrogen-bond acceptors (Lipinski definition) is 4. The van der Waals surface area contributed by atoms with Gasteiger partial charge in [0.2, 0.25) is 0 Å². The molecule has 4 nitrogen and oxygen atoms in total. The molecular formula is C34H29F3NO3P. The number of hydrogen-bond donors (Lipinski definition) is 0. The number of fused-ring (bicyclic) bond motifs is 1. The molecule has 0 amide bonds. The van der Waals surface area contributed by atoms with Gasteiger partial charge in [-0.2, -0.15) is 0 Å². The summed E-state index contributed by atoms with van der Waals surface area (Å²) in [6, 6.07) is 34.6. The van der Waals surface area contributed by atoms with Gasteiger partial charge in [0.15, 0.2) is 0 Å². The number of ketones is 2. The average Bonchev–Trinajstić information content (AvgIpc) is 3.20. The van der Waals surface area contributed by atoms with Gasteiger partial charge in [0, 0.05) is 0 Å². The first-order valence-electron chi connectivity index (χ1n) is 13.6. The Kier molecular flexibility index (Phi) is 6.25. The predicted molar refractivity (Wildman–Crippen MR) is 159 cm³/mol. The Labute approximate surface area is 242 Å². The van der Waals surface area contributed by atoms with Crippen LogP contribution in [0.4, 0.5) is 13.2 Å². The Morgan fingerprint density at radius 3 is 1.38 bits per heavy atom. The van der Waals surface area contributed by atoms with E-state index in [-0.39, 0.29) is 10.9 Å². The number of allylic oxidation sites excluding steroid dienone is 1. The van der Waals surface area contributed by atoms with Gasteiger partial charge in [0.25, 0.3) is 0 Å². The summed E-state index contributed by atoms with van der Waals surface area (Å²) < 4.78 is 54.8. The van der Waals surface area contributed by atoms with Crippen LogP contribution in [-0.2, 0) is 19.7 Å². The van der Waals surface area contributed by atoms with Crippen LogP contribution in [-0.4, -0.2) is 28.1 Å². The normalized spacial score (nSPS) is 23.2. The fraction of sp³-hybridized carbons (Fsp3) is 0.176. The van der Waals surface area contributed by atoms with Crippen LogP contribution in [0.25, 0.3) is 0 Å². The molecule has 0 aliphatic carbocycles. The summed E-state index contributed by atoms with van der Waals surface area (Å²) in [6.07, 6.45) is -4.92. The van der Waals surface area contributed by atoms with Crippen molar-refractivity contribution in [3.63, 3.8) is 0 Å². The summed E-state index contributed by atoms with van der Waals surface area (Å²) in [5.74, 6) is -1.03. The van der Waals surface area contributed by atoms with Crippen LogP contribution in [0, 0.1) is 0 Å². The van der Waals surface area contributed by atoms with Crippen LogP contribution in [0.15, 0.2) is 132 Å². The summed E-state index contributed by atoms with van der Waals surface area (Å²) in [5.41, 5.74) is -3.87. The van der Waals surface area contributed by atoms with Gasteiger partial charge in [0.1, 0.15) is 0 Å². The third-order valence-electron chi connectivity index (χ3n) is 8.54. The molecule has 0 bridgehead atoms. The van der Waals surface area contributed by atoms with E-state index in [1.165, 1.54) is 18.5 Å². The first kappa shape index (κ1) is 28.2. The van der Waals surface area contributed by atoms with E-state index in [1.807, 2.05) is 0 Å². The first-order valence-corrected chi connectivity index (χ1v) is 15.7. The summed E-state index contributed by atoms with van der Waals surface area (Å²) in [6.45, 7) is -1.36. The molecule has 0 saturated carbocycles. The Morgan fingerprint density at radius 2 is 1.05 bits per heavy atom. The Hall–Kier alpha value is -3.90. The van der Waals surface area contributed by atoms with Gasteiger partial charge in [0.05, 0.1) is 0 Å². The molecule has 2 heterocycles. The predicted octanol–water partition coefficient (Wildman–Crippen LogP) is 7.02. The van der Waals surface area contributed by atoms with Crippen LogP contribution >= 0.6 is 6.98 Å². The molecule has 8 heteroatoms. The summed E-state index contributed by atoms with van der Waals surface area (Å²) in [5, 5.41) is 0.809. The van der Waals surface area contributed by atoms with E-state index in [9.17, 15) is 9.59 Å². The van der Waals surface area contributed by atoms with Gasteiger partial charge in [-0.25, -0.2) is 0 Å². The first-order chi connectivity index (χ1) is 20.0. The summed E-state index contributed by atoms with van der Waals surface area (Å²) >= 11 is 0. The molecule has 4 aromatic rings. The van der Waals surface area contributed by atoms with Gasteiger partial charge in [-0.15, -0.1) is 0 Å². The number of halogens is 3. The van der Waals surface area contributed by atoms with Gasteiger partial charge < -0.3 is 0 Å². The molecule has 214 valence electrons. The standard InChI is InChI=1S/C34H29F3NO3P/c1-24(39)30-31(25(2)40)42(28-20-12-6-13-21-28,29-22-14-7-15-23-29)38(32(3,41-42)34(35,36)37)33(30,26-16-8-4-9-17-26)27-18-10-5-11-19-27/h4-23H,1-3H3. The quantitative estimate of drug-likeness (QED) is 0.228. The monoisotopic (exact) mass is 587 g/mol. The molecule has 1 fully saturated rings. The van der Waals surface area contributed by atoms with Crippen molar-refractivity contribution in [2.24, 2.45) is 0 Å². The third kappa shape index (κ3) is 3.19. The van der Waals surface area contributed by atoms with Crippen molar-refractivity contribution in [3.8, 4) is 0 Å². The number of rotatable bonds is 6. The average molecular weight is 588 g/mol. The van der Waals surface area contributed by atoms with Crippen molar-refractivity contribution in [3.05, 3.63) is 143 Å². The van der Waals surface area contributed by atoms with Crippen LogP contribution in [0.5, 0.6) is 0 Å². The minimum absolute atomic E-state index is 0.00857. The second-order valence-corrected chi connectivity index (χ2v) is 14.9. The van der Waals surface area contributed by atoms with Gasteiger partial charge >= 0.3 is 243 Å². The second kappa shape index (κ2) is 9.30. The molecule has 0 radical (unpaired) electrons. The Balaban J connectivity index is 1.98. The number of alkyl halides is 3. The van der Waals surface area contributed by atoms with Crippen LogP contribution in [0.3, 0.4) is 0 Å². The second-order valence-electron chi connectivity index (χ2n) is 10.8. The molecule has 0 N–H and O–H groups in total. The van der Waals surface area contributed by atoms with Gasteiger partial charge in [-0.05, 0) is 0 Å². The number of benzene rings is 4. The fourth-order valence-corrected chi connectivity index (χ4v) is 14.4. The van der Waals surface area contributed by atoms with E-state index in [0.29, 0.717) is 21.7 Å². The Bertz CT molecular complexity index is 1640. The molecule has 42 heavy (non-hydrogen) atoms. The van der Waals surface area contributed by atoms with Crippen molar-refractivity contribution in [2.45, 2.75) is 38.2 Å². The van der Waals surface area contributed by atoms with E-state index in [4.69, 9.17) is 4.52 Å². The van der Waals surface area contributed by atoms with Crippen LogP contribution in [0.2, 0.25) is 0 Å². The summed E-state index contributed by atoms with van der Waals surface area (Å²) in [4.78, 5) is 28.3. The van der Waals surface area contributed by atoms with Crippen molar-refractivity contribution in [1.29, 1.82) is 0 Å². The maximum atomic E-state index is 15.6. The number of carbonyl (C=O) groups is 2. The van der Waals surface area contributed by atoms with Crippen molar-refractivity contribution in [1.82, 2.24) is 4.67 Å². The molecule has 0 spiro atoms. The Morgan fingerprint density at radius 1 is 0.667 bits per heavy atom. The zero-order valence-electron chi connectivity index (χ0n) is 23.3. The topological polar surface area (TPSA) is 46.6 Å². The van der Waals surface area contributed by atoms with E-state index in [2.05, 4.69) is 0 Å². The van der Waals surface area contributed by atoms with Crippen LogP contribution < -0.4 is 10.6 Å². The molecule has 1 unspecified atom stereocenters. The van der Waals surface area contributed by atoms with Crippen LogP contribution in [0.1, 0.15) is 31.9 Å². The molecule has 4 aromatic carbocycles. The zero-order chi connectivity index (χ0) is 30.0. The van der Waals surface area contributed by atoms with Gasteiger partial charge in [-0.1, -0.05) is 0 Å². The van der Waals surface area contributed by atoms with E-state index in [0.717, 1.165) is 6.92 Å². The molecular weight excluding hydrogens is 558 g/mol. The fourth-order valence-electron chi connectivity index (χ4n) is 7.27. The molecule has 2 aliphatic rings. The SMILES string of the molecule is CC(=O)C1=C(C(C)=O)P2(c3ccccc3)(c3ccccc3)OC(C)(C(F)(F)F)N2C1(c1ccccc1)c1ccccc1. The molecule has 2 aliphatic heterocycles. The van der Waals surface area contributed by atoms with Crippen molar-refractivity contribution >= 4 is 29.2 Å². The van der Waals surface area contributed by atoms with E-state index in [1.54, 1.807) is 121 Å². The van der Waals surface area contributed by atoms with E-state index >= 15 is 13.2 Å². The minimum atomic E-state index is -5.00. The number of nitrogens with zero attached hydrogens (tertiary/aromatic N) is 1. The molecule has 0 aromatic heterocycles. The number of Topliss-reactive ketones (excluding diaryl/α,β-unsaturated/α-hetero) is 2. The zero-order valence-corrected chi connectivity index (χ0v) is 24.2. The third-order valence-corrected chi connectivity index (χ3v) is 14.6. The maximum absolute atomic E-state index is 15.6.